The van der Waals surface area contributed by atoms with E-state index in [4.69, 9.17) is 0 Å². The van der Waals surface area contributed by atoms with Crippen molar-refractivity contribution in [2.75, 3.05) is 13.7 Å². The number of hydrogen-bond acceptors (Lipinski definition) is 2. The Balaban J connectivity index is 0.000000671. The van der Waals surface area contributed by atoms with Gasteiger partial charge in [0.1, 0.15) is 0 Å². The number of likely N-dealkylation sites (N-methyl/N-ethyl adjacent to an activating group) is 1. The van der Waals surface area contributed by atoms with Gasteiger partial charge in [0.2, 0.25) is 0 Å². The second-order valence-corrected chi connectivity index (χ2v) is 3.87. The number of nitrogens with zero attached hydrogens (tertiary/aromatic N) is 1. The lowest BCUT2D eigenvalue weighted by Crippen LogP contribution is -2.38. The van der Waals surface area contributed by atoms with E-state index in [1.165, 1.54) is 6.42 Å². The molecule has 0 radical (unpaired) electrons. The summed E-state index contributed by atoms with van der Waals surface area (Å²) in [5.74, 6) is 0.764. The van der Waals surface area contributed by atoms with Crippen molar-refractivity contribution in [3.63, 3.8) is 0 Å². The van der Waals surface area contributed by atoms with Crippen molar-refractivity contribution >= 4 is 0 Å². The minimum absolute atomic E-state index is 0.708. The Kier molecular flexibility index (Phi) is 6.35. The summed E-state index contributed by atoms with van der Waals surface area (Å²) in [6.07, 6.45) is 1.24. The molecule has 0 aromatic carbocycles. The molecule has 13 heavy (non-hydrogen) atoms. The first-order chi connectivity index (χ1) is 6.16. The van der Waals surface area contributed by atoms with Gasteiger partial charge in [-0.2, -0.15) is 0 Å². The van der Waals surface area contributed by atoms with E-state index in [-0.39, 0.29) is 0 Å². The van der Waals surface area contributed by atoms with Gasteiger partial charge in [-0.1, -0.05) is 34.6 Å². The van der Waals surface area contributed by atoms with E-state index in [1.807, 2.05) is 13.8 Å². The standard InChI is InChI=1S/C9H20N2.C2H6/c1-5-8-9(7(2)3)11(4)6-10-8;1-2/h7-10H,5-6H2,1-4H3;1-2H3. The summed E-state index contributed by atoms with van der Waals surface area (Å²) in [7, 11) is 2.20. The SMILES string of the molecule is CC.CCC1NCN(C)C1C(C)C. The number of hydrogen-bond donors (Lipinski definition) is 1. The molecule has 2 unspecified atom stereocenters. The topological polar surface area (TPSA) is 15.3 Å². The lowest BCUT2D eigenvalue weighted by atomic mass is 9.96. The molecule has 1 heterocycles. The van der Waals surface area contributed by atoms with Crippen LogP contribution >= 0.6 is 0 Å². The third kappa shape index (κ3) is 3.28. The minimum Gasteiger partial charge on any atom is -0.300 e. The Hall–Kier alpha value is -0.0800. The first-order valence-electron chi connectivity index (χ1n) is 5.60. The third-order valence-corrected chi connectivity index (χ3v) is 2.65. The predicted octanol–water partition coefficient (Wildman–Crippen LogP) is 2.31. The molecule has 1 rings (SSSR count). The first-order valence-corrected chi connectivity index (χ1v) is 5.60. The molecular formula is C11H26N2. The number of nitrogens with one attached hydrogen (secondary N) is 1. The fourth-order valence-corrected chi connectivity index (χ4v) is 2.15. The molecule has 0 bridgehead atoms. The van der Waals surface area contributed by atoms with Crippen LogP contribution in [0.25, 0.3) is 0 Å². The minimum atomic E-state index is 0.708. The Morgan fingerprint density at radius 1 is 1.38 bits per heavy atom. The maximum atomic E-state index is 3.51. The van der Waals surface area contributed by atoms with Crippen LogP contribution in [0.5, 0.6) is 0 Å². The highest BCUT2D eigenvalue weighted by Gasteiger charge is 2.31. The van der Waals surface area contributed by atoms with Crippen LogP contribution in [0.3, 0.4) is 0 Å². The predicted molar refractivity (Wildman–Crippen MR) is 59.8 cm³/mol. The van der Waals surface area contributed by atoms with E-state index in [0.717, 1.165) is 18.6 Å². The summed E-state index contributed by atoms with van der Waals surface area (Å²) < 4.78 is 0. The van der Waals surface area contributed by atoms with Crippen LogP contribution in [0.1, 0.15) is 41.0 Å². The van der Waals surface area contributed by atoms with Crippen molar-refractivity contribution < 1.29 is 0 Å². The molecular weight excluding hydrogens is 160 g/mol. The zero-order valence-electron chi connectivity index (χ0n) is 10.1. The summed E-state index contributed by atoms with van der Waals surface area (Å²) in [5, 5.41) is 3.51. The van der Waals surface area contributed by atoms with E-state index in [1.54, 1.807) is 0 Å². The Labute approximate surface area is 83.7 Å². The smallest absolute Gasteiger partial charge is 0.0483 e. The fraction of sp³-hybridized carbons (Fsp3) is 1.00. The van der Waals surface area contributed by atoms with Crippen LogP contribution in [-0.2, 0) is 0 Å². The van der Waals surface area contributed by atoms with Gasteiger partial charge in [-0.25, -0.2) is 0 Å². The van der Waals surface area contributed by atoms with E-state index >= 15 is 0 Å². The second-order valence-electron chi connectivity index (χ2n) is 3.87. The first kappa shape index (κ1) is 12.9. The quantitative estimate of drug-likeness (QED) is 0.712. The van der Waals surface area contributed by atoms with Gasteiger partial charge in [-0.3, -0.25) is 10.2 Å². The Morgan fingerprint density at radius 3 is 2.23 bits per heavy atom. The summed E-state index contributed by atoms with van der Waals surface area (Å²) in [6, 6.07) is 1.44. The van der Waals surface area contributed by atoms with Crippen molar-refractivity contribution in [3.05, 3.63) is 0 Å². The van der Waals surface area contributed by atoms with Crippen molar-refractivity contribution in [1.29, 1.82) is 0 Å². The van der Waals surface area contributed by atoms with Gasteiger partial charge in [0, 0.05) is 18.8 Å². The molecule has 2 heteroatoms. The van der Waals surface area contributed by atoms with E-state index in [2.05, 4.69) is 38.0 Å². The summed E-state index contributed by atoms with van der Waals surface area (Å²) >= 11 is 0. The van der Waals surface area contributed by atoms with Gasteiger partial charge >= 0.3 is 0 Å². The molecule has 0 amide bonds. The zero-order chi connectivity index (χ0) is 10.4. The normalized spacial score (nSPS) is 28.8. The molecule has 1 saturated heterocycles. The van der Waals surface area contributed by atoms with Crippen LogP contribution in [-0.4, -0.2) is 30.7 Å². The molecule has 1 aliphatic rings. The molecule has 0 aromatic heterocycles. The monoisotopic (exact) mass is 186 g/mol. The van der Waals surface area contributed by atoms with Crippen molar-refractivity contribution in [2.24, 2.45) is 5.92 Å². The van der Waals surface area contributed by atoms with E-state index < -0.39 is 0 Å². The highest BCUT2D eigenvalue weighted by Crippen LogP contribution is 2.19. The van der Waals surface area contributed by atoms with Crippen molar-refractivity contribution in [3.8, 4) is 0 Å². The van der Waals surface area contributed by atoms with Crippen LogP contribution in [0.15, 0.2) is 0 Å². The Morgan fingerprint density at radius 2 is 1.92 bits per heavy atom. The summed E-state index contributed by atoms with van der Waals surface area (Å²) in [6.45, 7) is 11.9. The van der Waals surface area contributed by atoms with Gasteiger partial charge in [-0.15, -0.1) is 0 Å². The molecule has 80 valence electrons. The molecule has 1 N–H and O–H groups in total. The summed E-state index contributed by atoms with van der Waals surface area (Å²) in [5.41, 5.74) is 0. The molecule has 2 atom stereocenters. The molecule has 0 spiro atoms. The molecule has 0 aromatic rings. The molecule has 1 fully saturated rings. The Bertz CT molecular complexity index is 123. The summed E-state index contributed by atoms with van der Waals surface area (Å²) in [4.78, 5) is 2.42. The van der Waals surface area contributed by atoms with Crippen LogP contribution in [0.4, 0.5) is 0 Å². The third-order valence-electron chi connectivity index (χ3n) is 2.65. The van der Waals surface area contributed by atoms with Crippen LogP contribution in [0.2, 0.25) is 0 Å². The van der Waals surface area contributed by atoms with Crippen molar-refractivity contribution in [2.45, 2.75) is 53.1 Å². The lowest BCUT2D eigenvalue weighted by Gasteiger charge is -2.26. The largest absolute Gasteiger partial charge is 0.300 e. The highest BCUT2D eigenvalue weighted by atomic mass is 15.3. The van der Waals surface area contributed by atoms with Crippen LogP contribution < -0.4 is 5.32 Å². The van der Waals surface area contributed by atoms with Gasteiger partial charge in [-0.05, 0) is 19.4 Å². The van der Waals surface area contributed by atoms with E-state index in [9.17, 15) is 0 Å². The lowest BCUT2D eigenvalue weighted by molar-refractivity contribution is 0.233. The molecule has 1 aliphatic heterocycles. The molecule has 0 aliphatic carbocycles. The maximum Gasteiger partial charge on any atom is 0.0483 e. The molecule has 2 nitrogen and oxygen atoms in total. The van der Waals surface area contributed by atoms with Crippen LogP contribution in [0, 0.1) is 5.92 Å². The zero-order valence-corrected chi connectivity index (χ0v) is 10.1. The maximum absolute atomic E-state index is 3.51. The molecule has 0 saturated carbocycles. The van der Waals surface area contributed by atoms with Gasteiger partial charge in [0.05, 0.1) is 0 Å². The van der Waals surface area contributed by atoms with Gasteiger partial charge in [0.25, 0.3) is 0 Å². The van der Waals surface area contributed by atoms with Gasteiger partial charge in [0.15, 0.2) is 0 Å². The number of rotatable bonds is 2. The van der Waals surface area contributed by atoms with Crippen molar-refractivity contribution in [1.82, 2.24) is 10.2 Å². The highest BCUT2D eigenvalue weighted by molar-refractivity contribution is 4.89. The van der Waals surface area contributed by atoms with E-state index in [0.29, 0.717) is 6.04 Å². The second kappa shape index (κ2) is 6.39. The fourth-order valence-electron chi connectivity index (χ4n) is 2.15. The average Bonchev–Trinajstić information content (AvgIpc) is 2.50. The average molecular weight is 186 g/mol. The van der Waals surface area contributed by atoms with Gasteiger partial charge < -0.3 is 0 Å².